The lowest BCUT2D eigenvalue weighted by Gasteiger charge is -1.94. The van der Waals surface area contributed by atoms with Crippen LogP contribution in [0.2, 0.25) is 0 Å². The van der Waals surface area contributed by atoms with E-state index in [-0.39, 0.29) is 12.1 Å². The number of amides is 1. The van der Waals surface area contributed by atoms with E-state index in [2.05, 4.69) is 16.8 Å². The summed E-state index contributed by atoms with van der Waals surface area (Å²) in [6.07, 6.45) is -0.0882. The first-order valence-electron chi connectivity index (χ1n) is 4.00. The molecule has 1 heterocycles. The van der Waals surface area contributed by atoms with Gasteiger partial charge in [-0.15, -0.1) is 0 Å². The Hall–Kier alpha value is -1.89. The van der Waals surface area contributed by atoms with Crippen molar-refractivity contribution in [3.63, 3.8) is 0 Å². The molecule has 1 amide bonds. The van der Waals surface area contributed by atoms with E-state index < -0.39 is 11.7 Å². The average molecular weight is 192 g/mol. The van der Waals surface area contributed by atoms with Crippen molar-refractivity contribution in [2.24, 2.45) is 5.73 Å². The summed E-state index contributed by atoms with van der Waals surface area (Å²) in [5.74, 6) is 3.86. The summed E-state index contributed by atoms with van der Waals surface area (Å²) >= 11 is 0. The van der Waals surface area contributed by atoms with E-state index in [1.807, 2.05) is 0 Å². The maximum Gasteiger partial charge on any atom is 0.229 e. The van der Waals surface area contributed by atoms with Gasteiger partial charge in [0.25, 0.3) is 0 Å². The van der Waals surface area contributed by atoms with Crippen LogP contribution in [-0.4, -0.2) is 10.9 Å². The highest BCUT2D eigenvalue weighted by Crippen LogP contribution is 2.03. The molecule has 0 saturated carbocycles. The van der Waals surface area contributed by atoms with Gasteiger partial charge in [-0.3, -0.25) is 4.79 Å². The highest BCUT2D eigenvalue weighted by Gasteiger charge is 1.99. The molecule has 0 aliphatic heterocycles. The van der Waals surface area contributed by atoms with Crippen LogP contribution in [0.5, 0.6) is 0 Å². The predicted octanol–water partition coefficient (Wildman–Crippen LogP) is 0.756. The molecule has 72 valence electrons. The highest BCUT2D eigenvalue weighted by atomic mass is 19.1. The molecule has 0 spiro atoms. The quantitative estimate of drug-likeness (QED) is 0.668. The Morgan fingerprint density at radius 3 is 3.00 bits per heavy atom. The Morgan fingerprint density at radius 1 is 1.64 bits per heavy atom. The summed E-state index contributed by atoms with van der Waals surface area (Å²) in [5.41, 5.74) is 5.59. The van der Waals surface area contributed by atoms with Gasteiger partial charge in [0, 0.05) is 5.69 Å². The molecular formula is C10H9FN2O. The number of aromatic nitrogens is 1. The molecule has 0 saturated heterocycles. The van der Waals surface area contributed by atoms with Gasteiger partial charge in [-0.1, -0.05) is 5.92 Å². The van der Waals surface area contributed by atoms with Gasteiger partial charge in [0.2, 0.25) is 5.91 Å². The molecule has 1 aromatic heterocycles. The van der Waals surface area contributed by atoms with Crippen LogP contribution in [0.15, 0.2) is 12.1 Å². The molecule has 1 rings (SSSR count). The number of carbonyl (C=O) groups is 1. The molecule has 0 aromatic carbocycles. The second kappa shape index (κ2) is 4.38. The zero-order valence-corrected chi connectivity index (χ0v) is 7.67. The summed E-state index contributed by atoms with van der Waals surface area (Å²) in [7, 11) is 0. The maximum absolute atomic E-state index is 13.0. The van der Waals surface area contributed by atoms with E-state index in [0.717, 1.165) is 0 Å². The van der Waals surface area contributed by atoms with Crippen LogP contribution in [0.3, 0.4) is 0 Å². The van der Waals surface area contributed by atoms with Crippen LogP contribution in [0.4, 0.5) is 4.39 Å². The monoisotopic (exact) mass is 192 g/mol. The fourth-order valence-corrected chi connectivity index (χ4v) is 0.842. The number of rotatable bonds is 1. The molecule has 2 N–H and O–H groups in total. The second-order valence-corrected chi connectivity index (χ2v) is 2.73. The molecule has 4 heteroatoms. The van der Waals surface area contributed by atoms with E-state index in [4.69, 9.17) is 5.73 Å². The molecule has 0 aliphatic carbocycles. The molecule has 1 aromatic rings. The molecule has 14 heavy (non-hydrogen) atoms. The van der Waals surface area contributed by atoms with Gasteiger partial charge in [-0.25, -0.2) is 9.37 Å². The number of nitrogens with two attached hydrogens (primary N) is 1. The van der Waals surface area contributed by atoms with Crippen molar-refractivity contribution in [3.05, 3.63) is 29.3 Å². The van der Waals surface area contributed by atoms with Gasteiger partial charge in [0.05, 0.1) is 6.42 Å². The minimum Gasteiger partial charge on any atom is -0.369 e. The summed E-state index contributed by atoms with van der Waals surface area (Å²) < 4.78 is 13.0. The zero-order valence-electron chi connectivity index (χ0n) is 7.67. The van der Waals surface area contributed by atoms with Gasteiger partial charge < -0.3 is 5.73 Å². The number of carbonyl (C=O) groups excluding carboxylic acids is 1. The minimum absolute atomic E-state index is 0.0475. The van der Waals surface area contributed by atoms with Gasteiger partial charge >= 0.3 is 0 Å². The zero-order chi connectivity index (χ0) is 10.6. The number of primary amides is 1. The van der Waals surface area contributed by atoms with Crippen molar-refractivity contribution >= 4 is 5.91 Å². The third-order valence-electron chi connectivity index (χ3n) is 1.45. The Bertz CT molecular complexity index is 418. The second-order valence-electron chi connectivity index (χ2n) is 2.73. The van der Waals surface area contributed by atoms with Crippen LogP contribution in [0, 0.1) is 24.6 Å². The Labute approximate surface area is 81.1 Å². The van der Waals surface area contributed by atoms with E-state index in [9.17, 15) is 9.18 Å². The molecular weight excluding hydrogens is 183 g/mol. The van der Waals surface area contributed by atoms with E-state index >= 15 is 0 Å². The van der Waals surface area contributed by atoms with Crippen LogP contribution >= 0.6 is 0 Å². The van der Waals surface area contributed by atoms with Crippen molar-refractivity contribution in [1.29, 1.82) is 0 Å². The van der Waals surface area contributed by atoms with Crippen molar-refractivity contribution in [2.45, 2.75) is 13.3 Å². The van der Waals surface area contributed by atoms with E-state index in [0.29, 0.717) is 5.69 Å². The maximum atomic E-state index is 13.0. The first-order valence-corrected chi connectivity index (χ1v) is 4.00. The van der Waals surface area contributed by atoms with Crippen LogP contribution in [0.25, 0.3) is 0 Å². The van der Waals surface area contributed by atoms with E-state index in [1.54, 1.807) is 13.0 Å². The third kappa shape index (κ3) is 2.87. The molecule has 0 atom stereocenters. The summed E-state index contributed by atoms with van der Waals surface area (Å²) in [4.78, 5) is 14.2. The Morgan fingerprint density at radius 2 is 2.36 bits per heavy atom. The lowest BCUT2D eigenvalue weighted by Crippen LogP contribution is -2.08. The topological polar surface area (TPSA) is 56.0 Å². The van der Waals surface area contributed by atoms with Gasteiger partial charge in [0.1, 0.15) is 5.69 Å². The minimum atomic E-state index is -0.537. The van der Waals surface area contributed by atoms with Gasteiger partial charge in [-0.05, 0) is 25.0 Å². The molecule has 0 fully saturated rings. The van der Waals surface area contributed by atoms with Crippen LogP contribution in [0.1, 0.15) is 17.8 Å². The summed E-state index contributed by atoms with van der Waals surface area (Å²) in [5, 5.41) is 0. The lowest BCUT2D eigenvalue weighted by atomic mass is 10.3. The molecule has 0 bridgehead atoms. The number of nitrogens with zero attached hydrogens (tertiary/aromatic N) is 1. The fraction of sp³-hybridized carbons (Fsp3) is 0.200. The van der Waals surface area contributed by atoms with Crippen LogP contribution < -0.4 is 5.73 Å². The largest absolute Gasteiger partial charge is 0.369 e. The van der Waals surface area contributed by atoms with Crippen LogP contribution in [-0.2, 0) is 4.79 Å². The van der Waals surface area contributed by atoms with Crippen molar-refractivity contribution < 1.29 is 9.18 Å². The van der Waals surface area contributed by atoms with E-state index in [1.165, 1.54) is 6.07 Å². The first kappa shape index (κ1) is 10.2. The average Bonchev–Trinajstić information content (AvgIpc) is 2.10. The molecule has 3 nitrogen and oxygen atoms in total. The van der Waals surface area contributed by atoms with Gasteiger partial charge in [0.15, 0.2) is 5.82 Å². The van der Waals surface area contributed by atoms with Crippen molar-refractivity contribution in [3.8, 4) is 11.8 Å². The number of pyridine rings is 1. The fourth-order valence-electron chi connectivity index (χ4n) is 0.842. The smallest absolute Gasteiger partial charge is 0.229 e. The summed E-state index contributed by atoms with van der Waals surface area (Å²) in [6, 6.07) is 2.84. The molecule has 0 aliphatic rings. The number of halogens is 1. The van der Waals surface area contributed by atoms with Gasteiger partial charge in [-0.2, -0.15) is 0 Å². The lowest BCUT2D eigenvalue weighted by molar-refractivity contribution is -0.117. The number of aryl methyl sites for hydroxylation is 1. The highest BCUT2D eigenvalue weighted by molar-refractivity contribution is 5.76. The summed E-state index contributed by atoms with van der Waals surface area (Å²) in [6.45, 7) is 1.73. The Balaban J connectivity index is 2.88. The predicted molar refractivity (Wildman–Crippen MR) is 49.6 cm³/mol. The standard InChI is InChI=1S/C10H9FN2O/c1-7-5-6-8(11)9(13-7)3-2-4-10(12)14/h5-6H,4H2,1H3,(H2,12,14). The first-order chi connectivity index (χ1) is 6.59. The van der Waals surface area contributed by atoms with Crippen molar-refractivity contribution in [1.82, 2.24) is 4.98 Å². The van der Waals surface area contributed by atoms with Crippen molar-refractivity contribution in [2.75, 3.05) is 0 Å². The SMILES string of the molecule is Cc1ccc(F)c(C#CCC(N)=O)n1. The Kier molecular flexibility index (Phi) is 3.19. The number of hydrogen-bond acceptors (Lipinski definition) is 2. The molecule has 0 radical (unpaired) electrons. The molecule has 0 unspecified atom stereocenters. The normalized spacial score (nSPS) is 9.00. The third-order valence-corrected chi connectivity index (χ3v) is 1.45. The number of hydrogen-bond donors (Lipinski definition) is 1.